The maximum absolute atomic E-state index is 12.8. The summed E-state index contributed by atoms with van der Waals surface area (Å²) in [6.45, 7) is 7.84. The van der Waals surface area contributed by atoms with Gasteiger partial charge in [0.25, 0.3) is 5.91 Å². The number of furan rings is 1. The number of halogens is 1. The fourth-order valence-corrected chi connectivity index (χ4v) is 3.50. The second kappa shape index (κ2) is 8.88. The Morgan fingerprint density at radius 1 is 1.17 bits per heavy atom. The molecule has 1 N–H and O–H groups in total. The van der Waals surface area contributed by atoms with E-state index < -0.39 is 0 Å². The highest BCUT2D eigenvalue weighted by molar-refractivity contribution is 6.31. The van der Waals surface area contributed by atoms with Gasteiger partial charge in [-0.3, -0.25) is 14.5 Å². The highest BCUT2D eigenvalue weighted by Gasteiger charge is 2.29. The fraction of sp³-hybridized carbons (Fsp3) is 0.429. The van der Waals surface area contributed by atoms with Crippen molar-refractivity contribution in [2.75, 3.05) is 38.6 Å². The number of carbonyl (C=O) groups is 2. The SMILES string of the molecule is COc1cc(Cl)c(C)cc1NC(=O)C(C)N1CCN(C(=O)c2ccc(C)o2)CC1. The van der Waals surface area contributed by atoms with E-state index >= 15 is 0 Å². The van der Waals surface area contributed by atoms with E-state index in [2.05, 4.69) is 10.2 Å². The number of carbonyl (C=O) groups excluding carboxylic acids is 2. The number of ether oxygens (including phenoxy) is 1. The molecule has 0 radical (unpaired) electrons. The van der Waals surface area contributed by atoms with Crippen molar-refractivity contribution in [1.82, 2.24) is 9.80 Å². The summed E-state index contributed by atoms with van der Waals surface area (Å²) >= 11 is 6.13. The van der Waals surface area contributed by atoms with Crippen LogP contribution in [-0.4, -0.2) is 60.9 Å². The first-order valence-corrected chi connectivity index (χ1v) is 9.92. The maximum Gasteiger partial charge on any atom is 0.289 e. The van der Waals surface area contributed by atoms with Crippen LogP contribution in [0.4, 0.5) is 5.69 Å². The number of hydrogen-bond donors (Lipinski definition) is 1. The third-order valence-corrected chi connectivity index (χ3v) is 5.63. The average molecular weight is 420 g/mol. The standard InChI is InChI=1S/C21H26ClN3O4/c1-13-11-17(19(28-4)12-16(13)22)23-20(26)15(3)24-7-9-25(10-8-24)21(27)18-6-5-14(2)29-18/h5-6,11-12,15H,7-10H2,1-4H3,(H,23,26). The summed E-state index contributed by atoms with van der Waals surface area (Å²) in [4.78, 5) is 29.1. The fourth-order valence-electron chi connectivity index (χ4n) is 3.35. The number of anilines is 1. The van der Waals surface area contributed by atoms with Gasteiger partial charge in [0.2, 0.25) is 5.91 Å². The molecule has 0 aliphatic carbocycles. The monoisotopic (exact) mass is 419 g/mol. The highest BCUT2D eigenvalue weighted by Crippen LogP contribution is 2.31. The third kappa shape index (κ3) is 4.74. The number of rotatable bonds is 5. The first kappa shape index (κ1) is 21.2. The molecule has 3 rings (SSSR count). The Morgan fingerprint density at radius 3 is 2.45 bits per heavy atom. The summed E-state index contributed by atoms with van der Waals surface area (Å²) in [5.41, 5.74) is 1.45. The zero-order chi connectivity index (χ0) is 21.1. The molecule has 7 nitrogen and oxygen atoms in total. The van der Waals surface area contributed by atoms with Gasteiger partial charge >= 0.3 is 0 Å². The van der Waals surface area contributed by atoms with Crippen molar-refractivity contribution in [3.63, 3.8) is 0 Å². The molecule has 8 heteroatoms. The van der Waals surface area contributed by atoms with Gasteiger partial charge in [0.05, 0.1) is 18.8 Å². The summed E-state index contributed by atoms with van der Waals surface area (Å²) in [7, 11) is 1.54. The van der Waals surface area contributed by atoms with Crippen LogP contribution in [0.25, 0.3) is 0 Å². The van der Waals surface area contributed by atoms with Crippen LogP contribution in [0.2, 0.25) is 5.02 Å². The Balaban J connectivity index is 1.59. The second-order valence-corrected chi connectivity index (χ2v) is 7.61. The topological polar surface area (TPSA) is 75.0 Å². The minimum Gasteiger partial charge on any atom is -0.495 e. The number of aryl methyl sites for hydroxylation is 2. The number of nitrogens with zero attached hydrogens (tertiary/aromatic N) is 2. The molecule has 1 aliphatic heterocycles. The van der Waals surface area contributed by atoms with Crippen molar-refractivity contribution in [2.45, 2.75) is 26.8 Å². The van der Waals surface area contributed by atoms with Crippen LogP contribution in [0.3, 0.4) is 0 Å². The van der Waals surface area contributed by atoms with Gasteiger partial charge < -0.3 is 19.4 Å². The van der Waals surface area contributed by atoms with Gasteiger partial charge in [-0.25, -0.2) is 0 Å². The minimum absolute atomic E-state index is 0.115. The van der Waals surface area contributed by atoms with Crippen molar-refractivity contribution in [2.24, 2.45) is 0 Å². The molecule has 1 aliphatic rings. The predicted octanol–water partition coefficient (Wildman–Crippen LogP) is 3.34. The van der Waals surface area contributed by atoms with Crippen LogP contribution in [-0.2, 0) is 4.79 Å². The normalized spacial score (nSPS) is 15.8. The predicted molar refractivity (Wildman–Crippen MR) is 112 cm³/mol. The molecular weight excluding hydrogens is 394 g/mol. The van der Waals surface area contributed by atoms with E-state index in [4.69, 9.17) is 20.8 Å². The van der Waals surface area contributed by atoms with E-state index in [0.29, 0.717) is 54.2 Å². The summed E-state index contributed by atoms with van der Waals surface area (Å²) in [6.07, 6.45) is 0. The van der Waals surface area contributed by atoms with E-state index in [9.17, 15) is 9.59 Å². The lowest BCUT2D eigenvalue weighted by Gasteiger charge is -2.37. The lowest BCUT2D eigenvalue weighted by molar-refractivity contribution is -0.121. The molecule has 156 valence electrons. The molecule has 0 saturated carbocycles. The van der Waals surface area contributed by atoms with Gasteiger partial charge in [-0.2, -0.15) is 0 Å². The summed E-state index contributed by atoms with van der Waals surface area (Å²) < 4.78 is 10.8. The molecule has 1 aromatic heterocycles. The van der Waals surface area contributed by atoms with Crippen molar-refractivity contribution >= 4 is 29.1 Å². The molecule has 29 heavy (non-hydrogen) atoms. The van der Waals surface area contributed by atoms with Crippen LogP contribution in [0.1, 0.15) is 28.8 Å². The molecule has 1 atom stereocenters. The molecule has 2 amide bonds. The van der Waals surface area contributed by atoms with Gasteiger partial charge in [-0.15, -0.1) is 0 Å². The molecule has 1 fully saturated rings. The average Bonchev–Trinajstić information content (AvgIpc) is 3.15. The Labute approximate surface area is 175 Å². The van der Waals surface area contributed by atoms with Crippen LogP contribution in [0.5, 0.6) is 5.75 Å². The molecule has 2 heterocycles. The Morgan fingerprint density at radius 2 is 1.86 bits per heavy atom. The summed E-state index contributed by atoms with van der Waals surface area (Å²) in [5.74, 6) is 1.34. The third-order valence-electron chi connectivity index (χ3n) is 5.22. The van der Waals surface area contributed by atoms with Crippen molar-refractivity contribution in [3.05, 3.63) is 46.4 Å². The molecule has 2 aromatic rings. The second-order valence-electron chi connectivity index (χ2n) is 7.21. The van der Waals surface area contributed by atoms with Gasteiger partial charge in [0.15, 0.2) is 5.76 Å². The number of benzene rings is 1. The van der Waals surface area contributed by atoms with Gasteiger partial charge in [0, 0.05) is 37.3 Å². The van der Waals surface area contributed by atoms with Gasteiger partial charge in [-0.1, -0.05) is 11.6 Å². The van der Waals surface area contributed by atoms with Crippen LogP contribution in [0.15, 0.2) is 28.7 Å². The number of nitrogens with one attached hydrogen (secondary N) is 1. The van der Waals surface area contributed by atoms with Crippen LogP contribution in [0, 0.1) is 13.8 Å². The molecular formula is C21H26ClN3O4. The van der Waals surface area contributed by atoms with Crippen molar-refractivity contribution in [3.8, 4) is 5.75 Å². The largest absolute Gasteiger partial charge is 0.495 e. The first-order valence-electron chi connectivity index (χ1n) is 9.55. The quantitative estimate of drug-likeness (QED) is 0.804. The van der Waals surface area contributed by atoms with Crippen LogP contribution >= 0.6 is 11.6 Å². The Kier molecular flexibility index (Phi) is 6.49. The lowest BCUT2D eigenvalue weighted by Crippen LogP contribution is -2.54. The van der Waals surface area contributed by atoms with E-state index in [-0.39, 0.29) is 17.9 Å². The lowest BCUT2D eigenvalue weighted by atomic mass is 10.1. The van der Waals surface area contributed by atoms with Crippen molar-refractivity contribution in [1.29, 1.82) is 0 Å². The summed E-state index contributed by atoms with van der Waals surface area (Å²) in [6, 6.07) is 6.62. The molecule has 0 spiro atoms. The zero-order valence-electron chi connectivity index (χ0n) is 17.1. The Bertz CT molecular complexity index is 903. The van der Waals surface area contributed by atoms with Gasteiger partial charge in [0.1, 0.15) is 11.5 Å². The smallest absolute Gasteiger partial charge is 0.289 e. The molecule has 1 aromatic carbocycles. The zero-order valence-corrected chi connectivity index (χ0v) is 17.9. The molecule has 0 bridgehead atoms. The minimum atomic E-state index is -0.348. The van der Waals surface area contributed by atoms with E-state index in [1.54, 1.807) is 29.2 Å². The number of amides is 2. The summed E-state index contributed by atoms with van der Waals surface area (Å²) in [5, 5.41) is 3.51. The molecule has 1 saturated heterocycles. The first-order chi connectivity index (χ1) is 13.8. The highest BCUT2D eigenvalue weighted by atomic mass is 35.5. The number of hydrogen-bond acceptors (Lipinski definition) is 5. The van der Waals surface area contributed by atoms with Crippen molar-refractivity contribution < 1.29 is 18.7 Å². The maximum atomic E-state index is 12.8. The van der Waals surface area contributed by atoms with E-state index in [1.165, 1.54) is 7.11 Å². The van der Waals surface area contributed by atoms with E-state index in [1.807, 2.05) is 20.8 Å². The van der Waals surface area contributed by atoms with Gasteiger partial charge in [-0.05, 0) is 44.5 Å². The van der Waals surface area contributed by atoms with Crippen LogP contribution < -0.4 is 10.1 Å². The molecule has 1 unspecified atom stereocenters. The number of piperazine rings is 1. The van der Waals surface area contributed by atoms with E-state index in [0.717, 1.165) is 5.56 Å². The Hall–Kier alpha value is -2.51. The number of methoxy groups -OCH3 is 1.